The van der Waals surface area contributed by atoms with Gasteiger partial charge in [-0.15, -0.1) is 0 Å². The fourth-order valence-corrected chi connectivity index (χ4v) is 1.52. The summed E-state index contributed by atoms with van der Waals surface area (Å²) in [6.45, 7) is 6.57. The van der Waals surface area contributed by atoms with Crippen LogP contribution in [-0.4, -0.2) is 19.8 Å². The van der Waals surface area contributed by atoms with Crippen molar-refractivity contribution in [3.05, 3.63) is 29.3 Å². The Morgan fingerprint density at radius 1 is 1.31 bits per heavy atom. The van der Waals surface area contributed by atoms with E-state index in [4.69, 9.17) is 15.2 Å². The van der Waals surface area contributed by atoms with Crippen LogP contribution in [-0.2, 0) is 4.74 Å². The molecule has 0 amide bonds. The number of benzene rings is 1. The number of aryl methyl sites for hydroxylation is 1. The number of hydrogen-bond donors (Lipinski definition) is 1. The average Bonchev–Trinajstić information content (AvgIpc) is 2.25. The van der Waals surface area contributed by atoms with Crippen molar-refractivity contribution < 1.29 is 9.47 Å². The van der Waals surface area contributed by atoms with Crippen LogP contribution >= 0.6 is 0 Å². The first-order valence-electron chi connectivity index (χ1n) is 5.56. The maximum atomic E-state index is 6.04. The van der Waals surface area contributed by atoms with E-state index in [0.717, 1.165) is 16.9 Å². The molecule has 0 aromatic heterocycles. The van der Waals surface area contributed by atoms with E-state index in [1.807, 2.05) is 39.0 Å². The molecule has 0 aliphatic heterocycles. The summed E-state index contributed by atoms with van der Waals surface area (Å²) < 4.78 is 10.7. The van der Waals surface area contributed by atoms with Crippen LogP contribution in [0.3, 0.4) is 0 Å². The first kappa shape index (κ1) is 13.0. The quantitative estimate of drug-likeness (QED) is 0.833. The fraction of sp³-hybridized carbons (Fsp3) is 0.538. The van der Waals surface area contributed by atoms with Gasteiger partial charge in [0.05, 0.1) is 25.9 Å². The predicted molar refractivity (Wildman–Crippen MR) is 65.7 cm³/mol. The maximum Gasteiger partial charge on any atom is 0.121 e. The molecular formula is C13H21NO2. The van der Waals surface area contributed by atoms with Crippen molar-refractivity contribution in [1.29, 1.82) is 0 Å². The minimum absolute atomic E-state index is 0.0768. The summed E-state index contributed by atoms with van der Waals surface area (Å²) in [6.07, 6.45) is 0.213. The highest BCUT2D eigenvalue weighted by Crippen LogP contribution is 2.21. The second-order valence-corrected chi connectivity index (χ2v) is 4.22. The zero-order chi connectivity index (χ0) is 12.1. The van der Waals surface area contributed by atoms with Crippen molar-refractivity contribution in [2.45, 2.75) is 32.9 Å². The lowest BCUT2D eigenvalue weighted by Gasteiger charge is -2.16. The standard InChI is InChI=1S/C13H21NO2/c1-9(2)16-8-12(14)11-5-6-13(15-4)10(3)7-11/h5-7,9,12H,8,14H2,1-4H3. The molecule has 0 heterocycles. The van der Waals surface area contributed by atoms with Crippen LogP contribution in [0.2, 0.25) is 0 Å². The smallest absolute Gasteiger partial charge is 0.121 e. The van der Waals surface area contributed by atoms with Crippen LogP contribution in [0.25, 0.3) is 0 Å². The molecule has 3 heteroatoms. The molecule has 90 valence electrons. The number of nitrogens with two attached hydrogens (primary N) is 1. The van der Waals surface area contributed by atoms with Crippen LogP contribution in [0.4, 0.5) is 0 Å². The van der Waals surface area contributed by atoms with Crippen molar-refractivity contribution in [1.82, 2.24) is 0 Å². The van der Waals surface area contributed by atoms with E-state index in [1.54, 1.807) is 7.11 Å². The summed E-state index contributed by atoms with van der Waals surface area (Å²) in [5.74, 6) is 0.890. The first-order valence-corrected chi connectivity index (χ1v) is 5.56. The third-order valence-corrected chi connectivity index (χ3v) is 2.46. The molecule has 0 fully saturated rings. The van der Waals surface area contributed by atoms with Crippen LogP contribution in [0.5, 0.6) is 5.75 Å². The topological polar surface area (TPSA) is 44.5 Å². The zero-order valence-electron chi connectivity index (χ0n) is 10.5. The van der Waals surface area contributed by atoms with Crippen LogP contribution in [0.1, 0.15) is 31.0 Å². The molecule has 0 saturated heterocycles. The van der Waals surface area contributed by atoms with E-state index in [9.17, 15) is 0 Å². The molecule has 0 saturated carbocycles. The van der Waals surface area contributed by atoms with Gasteiger partial charge in [0.25, 0.3) is 0 Å². The molecule has 0 aliphatic rings. The fourth-order valence-electron chi connectivity index (χ4n) is 1.52. The second-order valence-electron chi connectivity index (χ2n) is 4.22. The summed E-state index contributed by atoms with van der Waals surface area (Å²) in [5, 5.41) is 0. The molecule has 1 unspecified atom stereocenters. The van der Waals surface area contributed by atoms with Crippen LogP contribution in [0.15, 0.2) is 18.2 Å². The van der Waals surface area contributed by atoms with Crippen molar-refractivity contribution >= 4 is 0 Å². The van der Waals surface area contributed by atoms with E-state index < -0.39 is 0 Å². The molecule has 0 bridgehead atoms. The third-order valence-electron chi connectivity index (χ3n) is 2.46. The minimum atomic E-state index is -0.0768. The van der Waals surface area contributed by atoms with Gasteiger partial charge < -0.3 is 15.2 Å². The van der Waals surface area contributed by atoms with Crippen LogP contribution in [0, 0.1) is 6.92 Å². The highest BCUT2D eigenvalue weighted by molar-refractivity contribution is 5.37. The Balaban J connectivity index is 2.69. The molecule has 0 spiro atoms. The number of rotatable bonds is 5. The van der Waals surface area contributed by atoms with E-state index in [2.05, 4.69) is 0 Å². The Hall–Kier alpha value is -1.06. The van der Waals surface area contributed by atoms with E-state index in [-0.39, 0.29) is 12.1 Å². The molecule has 1 aromatic carbocycles. The van der Waals surface area contributed by atoms with Gasteiger partial charge >= 0.3 is 0 Å². The Kier molecular flexibility index (Phi) is 4.77. The van der Waals surface area contributed by atoms with Gasteiger partial charge in [-0.1, -0.05) is 12.1 Å². The first-order chi connectivity index (χ1) is 7.54. The van der Waals surface area contributed by atoms with Crippen molar-refractivity contribution in [2.75, 3.05) is 13.7 Å². The molecule has 1 aromatic rings. The van der Waals surface area contributed by atoms with E-state index in [0.29, 0.717) is 6.61 Å². The highest BCUT2D eigenvalue weighted by atomic mass is 16.5. The van der Waals surface area contributed by atoms with Gasteiger partial charge in [0.15, 0.2) is 0 Å². The molecule has 0 radical (unpaired) electrons. The number of hydrogen-bond acceptors (Lipinski definition) is 3. The van der Waals surface area contributed by atoms with E-state index in [1.165, 1.54) is 0 Å². The average molecular weight is 223 g/mol. The number of methoxy groups -OCH3 is 1. The summed E-state index contributed by atoms with van der Waals surface area (Å²) in [4.78, 5) is 0. The van der Waals surface area contributed by atoms with Gasteiger partial charge in [0.1, 0.15) is 5.75 Å². The van der Waals surface area contributed by atoms with Gasteiger partial charge in [-0.05, 0) is 38.0 Å². The highest BCUT2D eigenvalue weighted by Gasteiger charge is 2.09. The molecule has 16 heavy (non-hydrogen) atoms. The van der Waals surface area contributed by atoms with Gasteiger partial charge in [-0.25, -0.2) is 0 Å². The summed E-state index contributed by atoms with van der Waals surface area (Å²) in [7, 11) is 1.67. The Labute approximate surface area is 97.6 Å². The minimum Gasteiger partial charge on any atom is -0.496 e. The molecule has 3 nitrogen and oxygen atoms in total. The van der Waals surface area contributed by atoms with Gasteiger partial charge in [-0.2, -0.15) is 0 Å². The Bertz CT molecular complexity index is 337. The Morgan fingerprint density at radius 2 is 2.00 bits per heavy atom. The monoisotopic (exact) mass is 223 g/mol. The largest absolute Gasteiger partial charge is 0.496 e. The summed E-state index contributed by atoms with van der Waals surface area (Å²) in [5.41, 5.74) is 8.22. The SMILES string of the molecule is COc1ccc(C(N)COC(C)C)cc1C. The van der Waals surface area contributed by atoms with Crippen molar-refractivity contribution in [3.63, 3.8) is 0 Å². The van der Waals surface area contributed by atoms with Gasteiger partial charge in [-0.3, -0.25) is 0 Å². The Morgan fingerprint density at radius 3 is 2.50 bits per heavy atom. The molecule has 1 atom stereocenters. The lowest BCUT2D eigenvalue weighted by atomic mass is 10.1. The number of ether oxygens (including phenoxy) is 2. The predicted octanol–water partition coefficient (Wildman–Crippen LogP) is 2.43. The lowest BCUT2D eigenvalue weighted by Crippen LogP contribution is -2.19. The van der Waals surface area contributed by atoms with E-state index >= 15 is 0 Å². The molecule has 1 rings (SSSR count). The van der Waals surface area contributed by atoms with Crippen LogP contribution < -0.4 is 10.5 Å². The molecule has 2 N–H and O–H groups in total. The van der Waals surface area contributed by atoms with Gasteiger partial charge in [0, 0.05) is 0 Å². The second kappa shape index (κ2) is 5.87. The summed E-state index contributed by atoms with van der Waals surface area (Å²) in [6, 6.07) is 5.90. The lowest BCUT2D eigenvalue weighted by molar-refractivity contribution is 0.0683. The maximum absolute atomic E-state index is 6.04. The normalized spacial score (nSPS) is 12.9. The zero-order valence-corrected chi connectivity index (χ0v) is 10.5. The van der Waals surface area contributed by atoms with Crippen molar-refractivity contribution in [2.24, 2.45) is 5.73 Å². The molecular weight excluding hydrogens is 202 g/mol. The van der Waals surface area contributed by atoms with Crippen molar-refractivity contribution in [3.8, 4) is 5.75 Å². The summed E-state index contributed by atoms with van der Waals surface area (Å²) >= 11 is 0. The van der Waals surface area contributed by atoms with Gasteiger partial charge in [0.2, 0.25) is 0 Å². The molecule has 0 aliphatic carbocycles. The third kappa shape index (κ3) is 3.51.